The van der Waals surface area contributed by atoms with Crippen LogP contribution in [-0.4, -0.2) is 26.7 Å². The van der Waals surface area contributed by atoms with Gasteiger partial charge in [0.1, 0.15) is 5.57 Å². The van der Waals surface area contributed by atoms with Crippen LogP contribution in [0.25, 0.3) is 11.8 Å². The summed E-state index contributed by atoms with van der Waals surface area (Å²) in [5.74, 6) is -1.07. The van der Waals surface area contributed by atoms with E-state index in [1.54, 1.807) is 41.2 Å². The maximum atomic E-state index is 13.1. The second-order valence-electron chi connectivity index (χ2n) is 5.94. The van der Waals surface area contributed by atoms with Crippen LogP contribution >= 0.6 is 23.8 Å². The van der Waals surface area contributed by atoms with E-state index in [9.17, 15) is 9.59 Å². The van der Waals surface area contributed by atoms with E-state index in [4.69, 9.17) is 23.8 Å². The summed E-state index contributed by atoms with van der Waals surface area (Å²) in [5.41, 5.74) is 1.88. The number of hydrogen-bond donors (Lipinski definition) is 1. The third-order valence-electron chi connectivity index (χ3n) is 4.15. The Morgan fingerprint density at radius 1 is 0.964 bits per heavy atom. The lowest BCUT2D eigenvalue weighted by Crippen LogP contribution is -2.54. The molecule has 28 heavy (non-hydrogen) atoms. The van der Waals surface area contributed by atoms with Gasteiger partial charge in [0.15, 0.2) is 5.11 Å². The molecular weight excluding hydrogens is 396 g/mol. The lowest BCUT2D eigenvalue weighted by Gasteiger charge is -2.28. The maximum Gasteiger partial charge on any atom is 0.270 e. The fraction of sp³-hybridized carbons (Fsp3) is 0. The van der Waals surface area contributed by atoms with Gasteiger partial charge >= 0.3 is 0 Å². The van der Waals surface area contributed by atoms with E-state index in [2.05, 4.69) is 10.4 Å². The zero-order valence-corrected chi connectivity index (χ0v) is 15.9. The molecule has 0 unspecified atom stereocenters. The topological polar surface area (TPSA) is 67.2 Å². The van der Waals surface area contributed by atoms with Gasteiger partial charge in [0.05, 0.1) is 23.3 Å². The summed E-state index contributed by atoms with van der Waals surface area (Å²) in [6.45, 7) is 0. The minimum atomic E-state index is -0.555. The minimum Gasteiger partial charge on any atom is -0.298 e. The van der Waals surface area contributed by atoms with Crippen molar-refractivity contribution in [2.24, 2.45) is 0 Å². The smallest absolute Gasteiger partial charge is 0.270 e. The average Bonchev–Trinajstić information content (AvgIpc) is 3.15. The number of hydrogen-bond acceptors (Lipinski definition) is 4. The highest BCUT2D eigenvalue weighted by molar-refractivity contribution is 7.80. The van der Waals surface area contributed by atoms with Gasteiger partial charge in [0.25, 0.3) is 11.8 Å². The van der Waals surface area contributed by atoms with Gasteiger partial charge in [-0.05, 0) is 60.8 Å². The van der Waals surface area contributed by atoms with E-state index in [1.165, 1.54) is 11.0 Å². The van der Waals surface area contributed by atoms with Gasteiger partial charge < -0.3 is 0 Å². The number of amides is 2. The standard InChI is InChI=1S/C20H13ClN4O2S/c21-13-6-8-14(9-7-13)24-19(27)17(18(26)23-20(24)28)12-16-10-11-22-25(16)15-4-2-1-3-5-15/h1-12H,(H,23,26,28). The number of carbonyl (C=O) groups is 2. The molecule has 3 aromatic rings. The third-order valence-corrected chi connectivity index (χ3v) is 4.69. The number of anilines is 1. The molecule has 2 aromatic carbocycles. The van der Waals surface area contributed by atoms with Crippen molar-refractivity contribution in [1.82, 2.24) is 15.1 Å². The number of benzene rings is 2. The Morgan fingerprint density at radius 2 is 1.68 bits per heavy atom. The average molecular weight is 409 g/mol. The number of nitrogens with zero attached hydrogens (tertiary/aromatic N) is 3. The molecule has 1 aliphatic heterocycles. The van der Waals surface area contributed by atoms with Crippen LogP contribution in [0.3, 0.4) is 0 Å². The van der Waals surface area contributed by atoms with Crippen LogP contribution in [0, 0.1) is 0 Å². The zero-order chi connectivity index (χ0) is 19.7. The molecule has 0 bridgehead atoms. The van der Waals surface area contributed by atoms with Crippen molar-refractivity contribution in [1.29, 1.82) is 0 Å². The fourth-order valence-electron chi connectivity index (χ4n) is 2.84. The molecule has 138 valence electrons. The highest BCUT2D eigenvalue weighted by atomic mass is 35.5. The van der Waals surface area contributed by atoms with Crippen molar-refractivity contribution in [2.45, 2.75) is 0 Å². The summed E-state index contributed by atoms with van der Waals surface area (Å²) in [6.07, 6.45) is 3.11. The monoisotopic (exact) mass is 408 g/mol. The number of rotatable bonds is 3. The molecule has 0 spiro atoms. The quantitative estimate of drug-likeness (QED) is 0.410. The van der Waals surface area contributed by atoms with E-state index >= 15 is 0 Å². The molecule has 0 saturated carbocycles. The Morgan fingerprint density at radius 3 is 2.39 bits per heavy atom. The first-order valence-electron chi connectivity index (χ1n) is 8.31. The lowest BCUT2D eigenvalue weighted by atomic mass is 10.1. The largest absolute Gasteiger partial charge is 0.298 e. The molecule has 2 amide bonds. The number of halogens is 1. The van der Waals surface area contributed by atoms with Gasteiger partial charge in [0, 0.05) is 5.02 Å². The molecule has 4 rings (SSSR count). The molecular formula is C20H13ClN4O2S. The van der Waals surface area contributed by atoms with Crippen molar-refractivity contribution in [3.05, 3.63) is 83.2 Å². The Labute approximate surface area is 171 Å². The number of aromatic nitrogens is 2. The van der Waals surface area contributed by atoms with Crippen LogP contribution in [0.4, 0.5) is 5.69 Å². The Hall–Kier alpha value is -3.29. The van der Waals surface area contributed by atoms with E-state index in [1.807, 2.05) is 30.3 Å². The molecule has 1 aromatic heterocycles. The Balaban J connectivity index is 1.74. The summed E-state index contributed by atoms with van der Waals surface area (Å²) >= 11 is 11.1. The van der Waals surface area contributed by atoms with Crippen LogP contribution in [0.5, 0.6) is 0 Å². The molecule has 2 heterocycles. The highest BCUT2D eigenvalue weighted by Gasteiger charge is 2.34. The summed E-state index contributed by atoms with van der Waals surface area (Å²) < 4.78 is 1.65. The summed E-state index contributed by atoms with van der Waals surface area (Å²) in [5, 5.41) is 7.39. The second-order valence-corrected chi connectivity index (χ2v) is 6.76. The minimum absolute atomic E-state index is 0.0195. The number of thiocarbonyl (C=S) groups is 1. The van der Waals surface area contributed by atoms with Gasteiger partial charge in [-0.15, -0.1) is 0 Å². The van der Waals surface area contributed by atoms with Crippen LogP contribution in [0.1, 0.15) is 5.69 Å². The van der Waals surface area contributed by atoms with Gasteiger partial charge in [-0.25, -0.2) is 4.68 Å². The zero-order valence-electron chi connectivity index (χ0n) is 14.4. The van der Waals surface area contributed by atoms with Crippen LogP contribution in [0.2, 0.25) is 5.02 Å². The van der Waals surface area contributed by atoms with E-state index < -0.39 is 11.8 Å². The molecule has 8 heteroatoms. The third kappa shape index (κ3) is 3.33. The van der Waals surface area contributed by atoms with E-state index in [0.29, 0.717) is 16.4 Å². The molecule has 1 aliphatic rings. The first kappa shape index (κ1) is 18.1. The SMILES string of the molecule is O=C1NC(=S)N(c2ccc(Cl)cc2)C(=O)C1=Cc1ccnn1-c1ccccc1. The predicted molar refractivity (Wildman–Crippen MR) is 111 cm³/mol. The van der Waals surface area contributed by atoms with Gasteiger partial charge in [-0.3, -0.25) is 19.8 Å². The fourth-order valence-corrected chi connectivity index (χ4v) is 3.24. The van der Waals surface area contributed by atoms with Crippen LogP contribution in [0.15, 0.2) is 72.4 Å². The van der Waals surface area contributed by atoms with Crippen molar-refractivity contribution < 1.29 is 9.59 Å². The Kier molecular flexibility index (Phi) is 4.77. The van der Waals surface area contributed by atoms with Crippen molar-refractivity contribution >= 4 is 52.5 Å². The molecule has 0 aliphatic carbocycles. The molecule has 1 fully saturated rings. The molecule has 6 nitrogen and oxygen atoms in total. The first-order valence-corrected chi connectivity index (χ1v) is 9.10. The normalized spacial score (nSPS) is 15.8. The maximum absolute atomic E-state index is 13.1. The second kappa shape index (κ2) is 7.38. The number of carbonyl (C=O) groups excluding carboxylic acids is 2. The lowest BCUT2D eigenvalue weighted by molar-refractivity contribution is -0.122. The number of para-hydroxylation sites is 1. The summed E-state index contributed by atoms with van der Waals surface area (Å²) in [6, 6.07) is 17.8. The summed E-state index contributed by atoms with van der Waals surface area (Å²) in [7, 11) is 0. The van der Waals surface area contributed by atoms with E-state index in [-0.39, 0.29) is 10.7 Å². The molecule has 0 radical (unpaired) electrons. The van der Waals surface area contributed by atoms with E-state index in [0.717, 1.165) is 5.69 Å². The number of nitrogens with one attached hydrogen (secondary N) is 1. The van der Waals surface area contributed by atoms with Crippen LogP contribution < -0.4 is 10.2 Å². The highest BCUT2D eigenvalue weighted by Crippen LogP contribution is 2.24. The van der Waals surface area contributed by atoms with Gasteiger partial charge in [-0.1, -0.05) is 29.8 Å². The predicted octanol–water partition coefficient (Wildman–Crippen LogP) is 3.36. The van der Waals surface area contributed by atoms with Crippen LogP contribution in [-0.2, 0) is 9.59 Å². The van der Waals surface area contributed by atoms with Gasteiger partial charge in [0.2, 0.25) is 0 Å². The molecule has 1 saturated heterocycles. The summed E-state index contributed by atoms with van der Waals surface area (Å²) in [4.78, 5) is 26.8. The van der Waals surface area contributed by atoms with Crippen molar-refractivity contribution in [2.75, 3.05) is 4.90 Å². The Bertz CT molecular complexity index is 1110. The molecule has 1 N–H and O–H groups in total. The first-order chi connectivity index (χ1) is 13.5. The van der Waals surface area contributed by atoms with Crippen molar-refractivity contribution in [3.63, 3.8) is 0 Å². The van der Waals surface area contributed by atoms with Crippen molar-refractivity contribution in [3.8, 4) is 5.69 Å². The molecule has 0 atom stereocenters. The van der Waals surface area contributed by atoms with Gasteiger partial charge in [-0.2, -0.15) is 5.10 Å².